The Morgan fingerprint density at radius 1 is 1.03 bits per heavy atom. The van der Waals surface area contributed by atoms with E-state index >= 15 is 0 Å². The fraction of sp³-hybridized carbons (Fsp3) is 0.333. The number of benzene rings is 2. The van der Waals surface area contributed by atoms with Crippen molar-refractivity contribution in [2.75, 3.05) is 19.7 Å². The molecule has 0 radical (unpaired) electrons. The van der Waals surface area contributed by atoms with Gasteiger partial charge < -0.3 is 4.74 Å². The van der Waals surface area contributed by atoms with Gasteiger partial charge in [-0.15, -0.1) is 0 Å². The van der Waals surface area contributed by atoms with Gasteiger partial charge in [0, 0.05) is 18.7 Å². The van der Waals surface area contributed by atoms with Gasteiger partial charge in [-0.1, -0.05) is 12.1 Å². The summed E-state index contributed by atoms with van der Waals surface area (Å²) in [5.74, 6) is -0.256. The molecule has 8 nitrogen and oxygen atoms in total. The second kappa shape index (κ2) is 9.73. The van der Waals surface area contributed by atoms with E-state index < -0.39 is 21.8 Å². The van der Waals surface area contributed by atoms with Crippen LogP contribution in [0.1, 0.15) is 35.2 Å². The van der Waals surface area contributed by atoms with Gasteiger partial charge in [0.25, 0.3) is 5.91 Å². The van der Waals surface area contributed by atoms with Crippen LogP contribution >= 0.6 is 0 Å². The third kappa shape index (κ3) is 5.58. The van der Waals surface area contributed by atoms with E-state index in [1.807, 2.05) is 25.1 Å². The topological polar surface area (TPSA) is 105 Å². The van der Waals surface area contributed by atoms with Crippen molar-refractivity contribution in [3.8, 4) is 5.75 Å². The maximum atomic E-state index is 12.5. The van der Waals surface area contributed by atoms with Gasteiger partial charge in [-0.2, -0.15) is 4.31 Å². The lowest BCUT2D eigenvalue weighted by atomic mass is 10.2. The van der Waals surface area contributed by atoms with E-state index in [1.54, 1.807) is 6.07 Å². The Hall–Kier alpha value is -2.91. The number of hydrazine groups is 1. The van der Waals surface area contributed by atoms with Gasteiger partial charge in [0.1, 0.15) is 5.75 Å². The van der Waals surface area contributed by atoms with Crippen molar-refractivity contribution < 1.29 is 22.7 Å². The van der Waals surface area contributed by atoms with E-state index in [-0.39, 0.29) is 23.5 Å². The highest BCUT2D eigenvalue weighted by molar-refractivity contribution is 7.89. The van der Waals surface area contributed by atoms with E-state index in [9.17, 15) is 18.0 Å². The molecule has 0 atom stereocenters. The van der Waals surface area contributed by atoms with Gasteiger partial charge >= 0.3 is 0 Å². The molecule has 1 fully saturated rings. The minimum absolute atomic E-state index is 0.0707. The first-order valence-corrected chi connectivity index (χ1v) is 11.2. The van der Waals surface area contributed by atoms with Gasteiger partial charge in [-0.25, -0.2) is 8.42 Å². The predicted molar refractivity (Wildman–Crippen MR) is 111 cm³/mol. The quantitative estimate of drug-likeness (QED) is 0.653. The summed E-state index contributed by atoms with van der Waals surface area (Å²) in [5, 5.41) is 0. The van der Waals surface area contributed by atoms with Gasteiger partial charge in [0.05, 0.1) is 17.9 Å². The fourth-order valence-electron chi connectivity index (χ4n) is 3.08. The van der Waals surface area contributed by atoms with E-state index in [0.717, 1.165) is 18.4 Å². The highest BCUT2D eigenvalue weighted by Gasteiger charge is 2.27. The Kier molecular flexibility index (Phi) is 7.07. The molecular formula is C21H25N3O5S. The molecule has 0 spiro atoms. The number of carbonyl (C=O) groups is 2. The van der Waals surface area contributed by atoms with Gasteiger partial charge in [0.15, 0.2) is 0 Å². The van der Waals surface area contributed by atoms with Crippen molar-refractivity contribution in [1.82, 2.24) is 15.2 Å². The van der Waals surface area contributed by atoms with Crippen LogP contribution in [0.5, 0.6) is 5.75 Å². The number of carbonyl (C=O) groups excluding carboxylic acids is 2. The first kappa shape index (κ1) is 21.8. The molecule has 9 heteroatoms. The molecule has 1 heterocycles. The molecule has 1 saturated heterocycles. The van der Waals surface area contributed by atoms with Gasteiger partial charge in [0.2, 0.25) is 15.9 Å². The summed E-state index contributed by atoms with van der Waals surface area (Å²) < 4.78 is 32.0. The number of amides is 2. The number of rotatable bonds is 7. The molecule has 3 rings (SSSR count). The maximum Gasteiger partial charge on any atom is 0.269 e. The Morgan fingerprint density at radius 2 is 1.73 bits per heavy atom. The molecule has 0 bridgehead atoms. The van der Waals surface area contributed by atoms with E-state index in [4.69, 9.17) is 4.74 Å². The van der Waals surface area contributed by atoms with Crippen molar-refractivity contribution in [3.05, 3.63) is 59.7 Å². The van der Waals surface area contributed by atoms with Crippen LogP contribution in [0.3, 0.4) is 0 Å². The number of sulfonamides is 1. The predicted octanol–water partition coefficient (Wildman–Crippen LogP) is 2.01. The zero-order valence-corrected chi connectivity index (χ0v) is 17.6. The van der Waals surface area contributed by atoms with Crippen LogP contribution in [0.2, 0.25) is 0 Å². The largest absolute Gasteiger partial charge is 0.493 e. The molecule has 160 valence electrons. The summed E-state index contributed by atoms with van der Waals surface area (Å²) in [6.45, 7) is 3.16. The van der Waals surface area contributed by atoms with Crippen LogP contribution < -0.4 is 15.6 Å². The Morgan fingerprint density at radius 3 is 2.40 bits per heavy atom. The van der Waals surface area contributed by atoms with E-state index in [0.29, 0.717) is 18.8 Å². The average Bonchev–Trinajstić information content (AvgIpc) is 3.28. The fourth-order valence-corrected chi connectivity index (χ4v) is 4.60. The van der Waals surface area contributed by atoms with Crippen LogP contribution in [0.25, 0.3) is 0 Å². The van der Waals surface area contributed by atoms with E-state index in [1.165, 1.54) is 28.6 Å². The lowest BCUT2D eigenvalue weighted by Crippen LogP contribution is -2.42. The number of nitrogens with zero attached hydrogens (tertiary/aromatic N) is 1. The van der Waals surface area contributed by atoms with Gasteiger partial charge in [-0.05, 0) is 61.7 Å². The van der Waals surface area contributed by atoms with Crippen LogP contribution in [-0.2, 0) is 14.8 Å². The Balaban J connectivity index is 1.45. The Bertz CT molecular complexity index is 1000. The normalized spacial score (nSPS) is 14.3. The molecular weight excluding hydrogens is 406 g/mol. The lowest BCUT2D eigenvalue weighted by Gasteiger charge is -2.15. The summed E-state index contributed by atoms with van der Waals surface area (Å²) in [6, 6.07) is 13.1. The molecule has 0 unspecified atom stereocenters. The number of aryl methyl sites for hydroxylation is 1. The smallest absolute Gasteiger partial charge is 0.269 e. The molecule has 2 amide bonds. The third-order valence-electron chi connectivity index (χ3n) is 4.72. The third-order valence-corrected chi connectivity index (χ3v) is 6.64. The summed E-state index contributed by atoms with van der Waals surface area (Å²) in [6.07, 6.45) is 1.78. The van der Waals surface area contributed by atoms with Crippen LogP contribution in [0.15, 0.2) is 53.4 Å². The average molecular weight is 432 g/mol. The second-order valence-electron chi connectivity index (χ2n) is 7.05. The van der Waals surface area contributed by atoms with Crippen LogP contribution in [-0.4, -0.2) is 44.2 Å². The molecule has 0 aromatic heterocycles. The van der Waals surface area contributed by atoms with Crippen molar-refractivity contribution >= 4 is 21.8 Å². The summed E-state index contributed by atoms with van der Waals surface area (Å²) in [7, 11) is -3.52. The molecule has 1 aliphatic heterocycles. The molecule has 0 saturated carbocycles. The number of hydrogen-bond acceptors (Lipinski definition) is 5. The molecule has 2 N–H and O–H groups in total. The van der Waals surface area contributed by atoms with Crippen molar-refractivity contribution in [2.24, 2.45) is 0 Å². The zero-order chi connectivity index (χ0) is 21.6. The molecule has 30 heavy (non-hydrogen) atoms. The molecule has 0 aliphatic carbocycles. The van der Waals surface area contributed by atoms with E-state index in [2.05, 4.69) is 10.9 Å². The van der Waals surface area contributed by atoms with Gasteiger partial charge in [-0.3, -0.25) is 20.4 Å². The number of nitrogens with one attached hydrogen (secondary N) is 2. The zero-order valence-electron chi connectivity index (χ0n) is 16.8. The minimum Gasteiger partial charge on any atom is -0.493 e. The molecule has 1 aliphatic rings. The van der Waals surface area contributed by atoms with Crippen LogP contribution in [0, 0.1) is 6.92 Å². The highest BCUT2D eigenvalue weighted by atomic mass is 32.2. The standard InChI is InChI=1S/C21H25N3O5S/c1-16-5-4-6-18(15-16)29-14-11-20(25)22-23-21(26)17-7-9-19(10-8-17)30(27,28)24-12-2-3-13-24/h4-10,15H,2-3,11-14H2,1H3,(H,22,25)(H,23,26). The van der Waals surface area contributed by atoms with Crippen LogP contribution in [0.4, 0.5) is 0 Å². The summed E-state index contributed by atoms with van der Waals surface area (Å²) >= 11 is 0. The monoisotopic (exact) mass is 431 g/mol. The second-order valence-corrected chi connectivity index (χ2v) is 8.99. The van der Waals surface area contributed by atoms with Crippen molar-refractivity contribution in [1.29, 1.82) is 0 Å². The number of ether oxygens (including phenoxy) is 1. The lowest BCUT2D eigenvalue weighted by molar-refractivity contribution is -0.122. The SMILES string of the molecule is Cc1cccc(OCCC(=O)NNC(=O)c2ccc(S(=O)(=O)N3CCCC3)cc2)c1. The first-order valence-electron chi connectivity index (χ1n) is 9.75. The van der Waals surface area contributed by atoms with Crippen molar-refractivity contribution in [3.63, 3.8) is 0 Å². The van der Waals surface area contributed by atoms with Crippen molar-refractivity contribution in [2.45, 2.75) is 31.1 Å². The summed E-state index contributed by atoms with van der Waals surface area (Å²) in [4.78, 5) is 24.2. The molecule has 2 aromatic carbocycles. The minimum atomic E-state index is -3.52. The number of hydrogen-bond donors (Lipinski definition) is 2. The first-order chi connectivity index (χ1) is 14.4. The highest BCUT2D eigenvalue weighted by Crippen LogP contribution is 2.21. The molecule has 2 aromatic rings. The summed E-state index contributed by atoms with van der Waals surface area (Å²) in [5.41, 5.74) is 5.94. The Labute approximate surface area is 176 Å². The maximum absolute atomic E-state index is 12.5.